The third-order valence-corrected chi connectivity index (χ3v) is 5.78. The number of ether oxygens (including phenoxy) is 1. The largest absolute Gasteiger partial charge is 0.481 e. The molecule has 0 radical (unpaired) electrons. The van der Waals surface area contributed by atoms with Gasteiger partial charge in [0.2, 0.25) is 11.0 Å². The fourth-order valence-electron chi connectivity index (χ4n) is 3.44. The van der Waals surface area contributed by atoms with E-state index in [1.54, 1.807) is 6.07 Å². The molecule has 4 rings (SSSR count). The van der Waals surface area contributed by atoms with E-state index in [2.05, 4.69) is 20.4 Å². The van der Waals surface area contributed by atoms with Crippen molar-refractivity contribution >= 4 is 45.0 Å². The van der Waals surface area contributed by atoms with Gasteiger partial charge in [-0.1, -0.05) is 23.5 Å². The first-order chi connectivity index (χ1) is 14.5. The van der Waals surface area contributed by atoms with Crippen LogP contribution >= 0.6 is 11.3 Å². The summed E-state index contributed by atoms with van der Waals surface area (Å²) in [6.45, 7) is 3.10. The Labute approximate surface area is 177 Å². The molecule has 0 bridgehead atoms. The van der Waals surface area contributed by atoms with Crippen LogP contribution in [0, 0.1) is 12.8 Å². The number of fused-ring (bicyclic) bond motifs is 1. The monoisotopic (exact) mass is 426 g/mol. The zero-order chi connectivity index (χ0) is 21.1. The van der Waals surface area contributed by atoms with Gasteiger partial charge in [0.25, 0.3) is 5.91 Å². The third kappa shape index (κ3) is 4.48. The second-order valence-corrected chi connectivity index (χ2v) is 8.31. The van der Waals surface area contributed by atoms with E-state index in [0.717, 1.165) is 42.1 Å². The van der Waals surface area contributed by atoms with E-state index in [0.29, 0.717) is 16.4 Å². The molecule has 30 heavy (non-hydrogen) atoms. The number of para-hydroxylation sites is 1. The summed E-state index contributed by atoms with van der Waals surface area (Å²) in [6.07, 6.45) is 1.44. The zero-order valence-corrected chi connectivity index (χ0v) is 17.3. The standard InChI is InChI=1S/C20H22N6O3S/c1-12-24-25-20(30-12)23-17(27)11-29-15-4-2-3-13-5-6-16(22-18(13)15)26-9-7-14(8-10-26)19(21)28/h2-6,14H,7-11H2,1H3,(H2,21,28)(H,23,25,27). The van der Waals surface area contributed by atoms with Crippen molar-refractivity contribution in [2.45, 2.75) is 19.8 Å². The maximum Gasteiger partial charge on any atom is 0.264 e. The van der Waals surface area contributed by atoms with E-state index in [-0.39, 0.29) is 24.3 Å². The molecular weight excluding hydrogens is 404 g/mol. The van der Waals surface area contributed by atoms with E-state index in [1.807, 2.05) is 31.2 Å². The molecule has 0 saturated carbocycles. The summed E-state index contributed by atoms with van der Waals surface area (Å²) in [6, 6.07) is 9.54. The van der Waals surface area contributed by atoms with Crippen LogP contribution < -0.4 is 20.7 Å². The van der Waals surface area contributed by atoms with Crippen molar-refractivity contribution < 1.29 is 14.3 Å². The minimum absolute atomic E-state index is 0.0732. The molecule has 156 valence electrons. The Bertz CT molecular complexity index is 1080. The summed E-state index contributed by atoms with van der Waals surface area (Å²) in [4.78, 5) is 30.5. The summed E-state index contributed by atoms with van der Waals surface area (Å²) in [5.74, 6) is 0.725. The molecule has 0 aliphatic carbocycles. The average Bonchev–Trinajstić information content (AvgIpc) is 3.16. The number of aryl methyl sites for hydroxylation is 1. The van der Waals surface area contributed by atoms with Crippen molar-refractivity contribution in [2.75, 3.05) is 29.9 Å². The molecule has 1 fully saturated rings. The highest BCUT2D eigenvalue weighted by Gasteiger charge is 2.24. The lowest BCUT2D eigenvalue weighted by Gasteiger charge is -2.31. The van der Waals surface area contributed by atoms with E-state index in [4.69, 9.17) is 15.5 Å². The quantitative estimate of drug-likeness (QED) is 0.619. The molecule has 3 aromatic rings. The van der Waals surface area contributed by atoms with Gasteiger partial charge in [0, 0.05) is 24.4 Å². The van der Waals surface area contributed by atoms with Crippen molar-refractivity contribution in [3.63, 3.8) is 0 Å². The predicted molar refractivity (Wildman–Crippen MR) is 115 cm³/mol. The maximum absolute atomic E-state index is 12.2. The fraction of sp³-hybridized carbons (Fsp3) is 0.350. The molecule has 2 amide bonds. The number of carbonyl (C=O) groups excluding carboxylic acids is 2. The Morgan fingerprint density at radius 3 is 2.73 bits per heavy atom. The molecule has 9 nitrogen and oxygen atoms in total. The Hall–Kier alpha value is -3.27. The molecule has 1 aromatic carbocycles. The molecule has 1 aliphatic heterocycles. The summed E-state index contributed by atoms with van der Waals surface area (Å²) in [5.41, 5.74) is 6.11. The Morgan fingerprint density at radius 1 is 1.23 bits per heavy atom. The summed E-state index contributed by atoms with van der Waals surface area (Å²) >= 11 is 1.30. The number of amides is 2. The number of primary amides is 1. The predicted octanol–water partition coefficient (Wildman–Crippen LogP) is 2.11. The van der Waals surface area contributed by atoms with Gasteiger partial charge in [0.15, 0.2) is 6.61 Å². The van der Waals surface area contributed by atoms with Crippen LogP contribution in [0.4, 0.5) is 10.9 Å². The van der Waals surface area contributed by atoms with Crippen molar-refractivity contribution in [3.05, 3.63) is 35.3 Å². The summed E-state index contributed by atoms with van der Waals surface area (Å²) in [7, 11) is 0. The lowest BCUT2D eigenvalue weighted by Crippen LogP contribution is -2.38. The van der Waals surface area contributed by atoms with E-state index in [9.17, 15) is 9.59 Å². The zero-order valence-electron chi connectivity index (χ0n) is 16.5. The van der Waals surface area contributed by atoms with Gasteiger partial charge in [-0.25, -0.2) is 4.98 Å². The van der Waals surface area contributed by atoms with Gasteiger partial charge >= 0.3 is 0 Å². The minimum Gasteiger partial charge on any atom is -0.481 e. The van der Waals surface area contributed by atoms with Crippen LogP contribution in [0.5, 0.6) is 5.75 Å². The Kier molecular flexibility index (Phi) is 5.75. The van der Waals surface area contributed by atoms with Crippen molar-refractivity contribution in [1.82, 2.24) is 15.2 Å². The number of pyridine rings is 1. The third-order valence-electron chi connectivity index (χ3n) is 5.02. The number of piperidine rings is 1. The molecule has 3 heterocycles. The van der Waals surface area contributed by atoms with Gasteiger partial charge in [0.05, 0.1) is 0 Å². The topological polar surface area (TPSA) is 123 Å². The number of nitrogens with zero attached hydrogens (tertiary/aromatic N) is 4. The number of nitrogens with two attached hydrogens (primary N) is 1. The van der Waals surface area contributed by atoms with Crippen LogP contribution in [0.2, 0.25) is 0 Å². The first-order valence-corrected chi connectivity index (χ1v) is 10.5. The number of benzene rings is 1. The van der Waals surface area contributed by atoms with Gasteiger partial charge in [-0.05, 0) is 38.0 Å². The van der Waals surface area contributed by atoms with Crippen LogP contribution in [0.15, 0.2) is 30.3 Å². The van der Waals surface area contributed by atoms with Crippen molar-refractivity contribution in [2.24, 2.45) is 11.7 Å². The molecule has 0 unspecified atom stereocenters. The maximum atomic E-state index is 12.2. The first-order valence-electron chi connectivity index (χ1n) is 9.66. The normalized spacial score (nSPS) is 14.6. The van der Waals surface area contributed by atoms with Crippen molar-refractivity contribution in [3.8, 4) is 5.75 Å². The molecular formula is C20H22N6O3S. The molecule has 1 aliphatic rings. The van der Waals surface area contributed by atoms with E-state index >= 15 is 0 Å². The van der Waals surface area contributed by atoms with Gasteiger partial charge in [0.1, 0.15) is 22.1 Å². The molecule has 3 N–H and O–H groups in total. The number of hydrogen-bond acceptors (Lipinski definition) is 8. The molecule has 1 saturated heterocycles. The van der Waals surface area contributed by atoms with Crippen molar-refractivity contribution in [1.29, 1.82) is 0 Å². The molecule has 0 spiro atoms. The van der Waals surface area contributed by atoms with Crippen LogP contribution in [0.1, 0.15) is 17.8 Å². The van der Waals surface area contributed by atoms with Crippen LogP contribution in [-0.2, 0) is 9.59 Å². The van der Waals surface area contributed by atoms with Crippen LogP contribution in [0.3, 0.4) is 0 Å². The number of nitrogens with one attached hydrogen (secondary N) is 1. The smallest absolute Gasteiger partial charge is 0.264 e. The van der Waals surface area contributed by atoms with Crippen LogP contribution in [-0.4, -0.2) is 46.7 Å². The molecule has 2 aromatic heterocycles. The van der Waals surface area contributed by atoms with Gasteiger partial charge in [-0.15, -0.1) is 10.2 Å². The van der Waals surface area contributed by atoms with Gasteiger partial charge in [-0.2, -0.15) is 0 Å². The van der Waals surface area contributed by atoms with E-state index < -0.39 is 0 Å². The lowest BCUT2D eigenvalue weighted by molar-refractivity contribution is -0.122. The Balaban J connectivity index is 1.46. The number of carbonyl (C=O) groups is 2. The van der Waals surface area contributed by atoms with E-state index in [1.165, 1.54) is 11.3 Å². The Morgan fingerprint density at radius 2 is 2.03 bits per heavy atom. The molecule has 10 heteroatoms. The minimum atomic E-state index is -0.312. The highest BCUT2D eigenvalue weighted by Crippen LogP contribution is 2.28. The van der Waals surface area contributed by atoms with Gasteiger partial charge < -0.3 is 15.4 Å². The second-order valence-electron chi connectivity index (χ2n) is 7.12. The number of aromatic nitrogens is 3. The summed E-state index contributed by atoms with van der Waals surface area (Å²) in [5, 5.41) is 12.6. The first kappa shape index (κ1) is 20.0. The number of anilines is 2. The lowest BCUT2D eigenvalue weighted by atomic mass is 9.96. The molecule has 0 atom stereocenters. The van der Waals surface area contributed by atoms with Gasteiger partial charge in [-0.3, -0.25) is 14.9 Å². The number of rotatable bonds is 6. The average molecular weight is 427 g/mol. The summed E-state index contributed by atoms with van der Waals surface area (Å²) < 4.78 is 5.75. The highest BCUT2D eigenvalue weighted by atomic mass is 32.1. The fourth-order valence-corrected chi connectivity index (χ4v) is 4.05. The highest BCUT2D eigenvalue weighted by molar-refractivity contribution is 7.15. The second kappa shape index (κ2) is 8.62. The van der Waals surface area contributed by atoms with Crippen LogP contribution in [0.25, 0.3) is 10.9 Å². The number of hydrogen-bond donors (Lipinski definition) is 2. The SMILES string of the molecule is Cc1nnc(NC(=O)COc2cccc3ccc(N4CCC(C(N)=O)CC4)nc23)s1.